The Bertz CT molecular complexity index is 1020. The molecule has 0 amide bonds. The van der Waals surface area contributed by atoms with Crippen molar-refractivity contribution >= 4 is 0 Å². The van der Waals surface area contributed by atoms with Crippen molar-refractivity contribution in [3.05, 3.63) is 83.0 Å². The van der Waals surface area contributed by atoms with E-state index in [-0.39, 0.29) is 5.41 Å². The topological polar surface area (TPSA) is 0 Å². The van der Waals surface area contributed by atoms with Crippen LogP contribution in [0.5, 0.6) is 0 Å². The third kappa shape index (κ3) is 1.06. The van der Waals surface area contributed by atoms with Gasteiger partial charge in [0.2, 0.25) is 0 Å². The fraction of sp³-hybridized carbons (Fsp3) is 0.333. The fourth-order valence-electron chi connectivity index (χ4n) is 6.43. The van der Waals surface area contributed by atoms with Crippen LogP contribution < -0.4 is 0 Å². The van der Waals surface area contributed by atoms with Gasteiger partial charge in [-0.3, -0.25) is 0 Å². The van der Waals surface area contributed by atoms with Crippen LogP contribution in [-0.2, 0) is 5.41 Å². The molecule has 0 N–H and O–H groups in total. The number of hydrogen-bond acceptors (Lipinski definition) is 0. The molecule has 0 aliphatic heterocycles. The van der Waals surface area contributed by atoms with Crippen LogP contribution in [0.25, 0.3) is 11.1 Å². The summed E-state index contributed by atoms with van der Waals surface area (Å²) in [6.45, 7) is 4.78. The second kappa shape index (κ2) is 3.33. The summed E-state index contributed by atoms with van der Waals surface area (Å²) in [4.78, 5) is 0. The molecule has 5 atom stereocenters. The molecule has 2 saturated carbocycles. The minimum Gasteiger partial charge on any atom is -0.0833 e. The van der Waals surface area contributed by atoms with Crippen LogP contribution in [-0.4, -0.2) is 0 Å². The van der Waals surface area contributed by atoms with Crippen molar-refractivity contribution in [2.24, 2.45) is 17.3 Å². The van der Waals surface area contributed by atoms with Gasteiger partial charge in [-0.15, -0.1) is 0 Å². The molecule has 1 spiro atoms. The Morgan fingerprint density at radius 2 is 1.71 bits per heavy atom. The van der Waals surface area contributed by atoms with Crippen molar-refractivity contribution < 1.29 is 0 Å². The van der Waals surface area contributed by atoms with E-state index in [0.717, 1.165) is 17.8 Å². The molecule has 0 aromatic heterocycles. The summed E-state index contributed by atoms with van der Waals surface area (Å²) >= 11 is 0. The predicted octanol–water partition coefficient (Wildman–Crippen LogP) is 5.55. The number of rotatable bonds is 0. The Kier molecular flexibility index (Phi) is 1.71. The maximum atomic E-state index is 2.58. The van der Waals surface area contributed by atoms with Crippen molar-refractivity contribution in [3.8, 4) is 11.1 Å². The molecule has 5 unspecified atom stereocenters. The van der Waals surface area contributed by atoms with Gasteiger partial charge in [0.15, 0.2) is 0 Å². The second-order valence-corrected chi connectivity index (χ2v) is 9.00. The summed E-state index contributed by atoms with van der Waals surface area (Å²) in [7, 11) is 0. The van der Waals surface area contributed by atoms with E-state index in [1.165, 1.54) is 22.3 Å². The standard InChI is InChI=1S/C24H20/c1-23(2)18-6-4-3-5-14(18)16-11-17-15(12-20(16)23)13-7-8-19-22-21(17)24(19,22)10-9-13/h3-13,19,21-22H,1-2H3. The fourth-order valence-corrected chi connectivity index (χ4v) is 6.43. The zero-order valence-electron chi connectivity index (χ0n) is 14.1. The first kappa shape index (κ1) is 12.3. The summed E-state index contributed by atoms with van der Waals surface area (Å²) in [5, 5.41) is 0. The van der Waals surface area contributed by atoms with E-state index in [9.17, 15) is 0 Å². The van der Waals surface area contributed by atoms with E-state index in [4.69, 9.17) is 0 Å². The van der Waals surface area contributed by atoms with E-state index in [1.807, 2.05) is 0 Å². The average molecular weight is 308 g/mol. The largest absolute Gasteiger partial charge is 0.0833 e. The van der Waals surface area contributed by atoms with Crippen molar-refractivity contribution in [2.45, 2.75) is 31.1 Å². The van der Waals surface area contributed by atoms with Gasteiger partial charge in [-0.1, -0.05) is 74.5 Å². The molecule has 7 rings (SSSR count). The van der Waals surface area contributed by atoms with E-state index in [2.05, 4.69) is 74.5 Å². The Balaban J connectivity index is 1.55. The van der Waals surface area contributed by atoms with Gasteiger partial charge in [0.1, 0.15) is 0 Å². The average Bonchev–Trinajstić information content (AvgIpc) is 3.40. The summed E-state index contributed by atoms with van der Waals surface area (Å²) in [6.07, 6.45) is 10.0. The first-order valence-electron chi connectivity index (χ1n) is 9.30. The number of benzene rings is 2. The lowest BCUT2D eigenvalue weighted by Crippen LogP contribution is -2.16. The first-order valence-corrected chi connectivity index (χ1v) is 9.30. The molecule has 0 heteroatoms. The Hall–Kier alpha value is -2.08. The Labute approximate surface area is 142 Å². The lowest BCUT2D eigenvalue weighted by Gasteiger charge is -2.26. The van der Waals surface area contributed by atoms with Gasteiger partial charge in [0.25, 0.3) is 0 Å². The van der Waals surface area contributed by atoms with Gasteiger partial charge in [-0.25, -0.2) is 0 Å². The van der Waals surface area contributed by atoms with Crippen molar-refractivity contribution in [1.82, 2.24) is 0 Å². The summed E-state index contributed by atoms with van der Waals surface area (Å²) in [5.41, 5.74) is 9.83. The molecule has 0 nitrogen and oxygen atoms in total. The smallest absolute Gasteiger partial charge is 0.0202 e. The Morgan fingerprint density at radius 3 is 2.62 bits per heavy atom. The van der Waals surface area contributed by atoms with Gasteiger partial charge >= 0.3 is 0 Å². The van der Waals surface area contributed by atoms with Crippen LogP contribution >= 0.6 is 0 Å². The molecule has 116 valence electrons. The molecule has 0 heterocycles. The number of allylic oxidation sites excluding steroid dienone is 4. The third-order valence-electron chi connectivity index (χ3n) is 7.82. The number of hydrogen-bond donors (Lipinski definition) is 0. The highest BCUT2D eigenvalue weighted by Crippen LogP contribution is 2.90. The van der Waals surface area contributed by atoms with Crippen LogP contribution in [0.15, 0.2) is 60.7 Å². The Morgan fingerprint density at radius 1 is 0.833 bits per heavy atom. The minimum absolute atomic E-state index is 0.113. The van der Waals surface area contributed by atoms with Gasteiger partial charge < -0.3 is 0 Å². The molecule has 2 bridgehead atoms. The highest BCUT2D eigenvalue weighted by atomic mass is 14.9. The van der Waals surface area contributed by atoms with E-state index in [1.54, 1.807) is 11.1 Å². The van der Waals surface area contributed by atoms with Crippen LogP contribution in [0, 0.1) is 17.3 Å². The molecule has 2 aromatic carbocycles. The summed E-state index contributed by atoms with van der Waals surface area (Å²) in [6, 6.07) is 14.2. The van der Waals surface area contributed by atoms with Crippen LogP contribution in [0.3, 0.4) is 0 Å². The van der Waals surface area contributed by atoms with E-state index >= 15 is 0 Å². The zero-order chi connectivity index (χ0) is 15.8. The van der Waals surface area contributed by atoms with Crippen LogP contribution in [0.1, 0.15) is 47.9 Å². The molecular weight excluding hydrogens is 288 g/mol. The van der Waals surface area contributed by atoms with Crippen molar-refractivity contribution in [1.29, 1.82) is 0 Å². The summed E-state index contributed by atoms with van der Waals surface area (Å²) < 4.78 is 0. The molecule has 0 radical (unpaired) electrons. The highest BCUT2D eigenvalue weighted by molar-refractivity contribution is 5.82. The number of fused-ring (bicyclic) bond motifs is 9. The van der Waals surface area contributed by atoms with E-state index in [0.29, 0.717) is 11.3 Å². The maximum absolute atomic E-state index is 2.58. The monoisotopic (exact) mass is 308 g/mol. The predicted molar refractivity (Wildman–Crippen MR) is 97.2 cm³/mol. The highest BCUT2D eigenvalue weighted by Gasteiger charge is 2.85. The van der Waals surface area contributed by atoms with Gasteiger partial charge in [-0.2, -0.15) is 0 Å². The molecule has 2 aromatic rings. The van der Waals surface area contributed by atoms with E-state index < -0.39 is 0 Å². The van der Waals surface area contributed by atoms with Crippen LogP contribution in [0.4, 0.5) is 0 Å². The van der Waals surface area contributed by atoms with Crippen molar-refractivity contribution in [3.63, 3.8) is 0 Å². The second-order valence-electron chi connectivity index (χ2n) is 9.00. The molecule has 0 saturated heterocycles. The van der Waals surface area contributed by atoms with Gasteiger partial charge in [-0.05, 0) is 51.1 Å². The van der Waals surface area contributed by atoms with Gasteiger partial charge in [0, 0.05) is 16.7 Å². The minimum atomic E-state index is 0.113. The molecule has 24 heavy (non-hydrogen) atoms. The lowest BCUT2D eigenvalue weighted by molar-refractivity contribution is 0.581. The molecular formula is C24H20. The molecule has 2 fully saturated rings. The van der Waals surface area contributed by atoms with Crippen LogP contribution in [0.2, 0.25) is 0 Å². The molecule has 5 aliphatic rings. The maximum Gasteiger partial charge on any atom is 0.0202 e. The zero-order valence-corrected chi connectivity index (χ0v) is 14.1. The third-order valence-corrected chi connectivity index (χ3v) is 7.82. The SMILES string of the molecule is CC1(C)c2ccccc2-c2cc3c(cc21)C1C=CC2C4C3C24C=C1. The first-order chi connectivity index (χ1) is 11.6. The summed E-state index contributed by atoms with van der Waals surface area (Å²) in [5.74, 6) is 3.02. The molecule has 5 aliphatic carbocycles. The van der Waals surface area contributed by atoms with Crippen molar-refractivity contribution in [2.75, 3.05) is 0 Å². The lowest BCUT2D eigenvalue weighted by atomic mass is 9.78. The van der Waals surface area contributed by atoms with Gasteiger partial charge in [0.05, 0.1) is 0 Å². The normalized spacial score (nSPS) is 39.4. The quantitative estimate of drug-likeness (QED) is 0.560.